The molecule has 2 aromatic rings. The number of piperidine rings is 2. The van der Waals surface area contributed by atoms with Crippen molar-refractivity contribution in [3.8, 4) is 5.75 Å². The number of anilines is 3. The summed E-state index contributed by atoms with van der Waals surface area (Å²) in [6.45, 7) is 5.52. The molecular weight excluding hydrogens is 440 g/mol. The normalized spacial score (nSPS) is 30.4. The highest BCUT2D eigenvalue weighted by Gasteiger charge is 2.69. The minimum absolute atomic E-state index is 0.268. The lowest BCUT2D eigenvalue weighted by atomic mass is 9.40. The summed E-state index contributed by atoms with van der Waals surface area (Å²) < 4.78 is 0. The molecule has 34 heavy (non-hydrogen) atoms. The van der Waals surface area contributed by atoms with Crippen molar-refractivity contribution in [2.45, 2.75) is 69.7 Å². The Morgan fingerprint density at radius 3 is 2.79 bits per heavy atom. The molecule has 1 unspecified atom stereocenters. The summed E-state index contributed by atoms with van der Waals surface area (Å²) in [7, 11) is 0. The molecule has 3 fully saturated rings. The highest BCUT2D eigenvalue weighted by Crippen LogP contribution is 2.68. The maximum absolute atomic E-state index is 11.2. The highest BCUT2D eigenvalue weighted by molar-refractivity contribution is 7.80. The van der Waals surface area contributed by atoms with Crippen molar-refractivity contribution in [3.05, 3.63) is 47.5 Å². The van der Waals surface area contributed by atoms with Crippen LogP contribution >= 0.6 is 12.2 Å². The number of fused-ring (bicyclic) bond motifs is 3. The number of aromatic hydroxyl groups is 1. The van der Waals surface area contributed by atoms with Crippen LogP contribution in [0.2, 0.25) is 0 Å². The van der Waals surface area contributed by atoms with E-state index in [-0.39, 0.29) is 5.41 Å². The molecule has 2 saturated heterocycles. The molecule has 1 spiro atoms. The number of phenols is 1. The van der Waals surface area contributed by atoms with E-state index in [1.54, 1.807) is 0 Å². The molecular formula is C28H36N4OS. The molecule has 2 heterocycles. The summed E-state index contributed by atoms with van der Waals surface area (Å²) in [5.41, 5.74) is 6.18. The van der Waals surface area contributed by atoms with Gasteiger partial charge in [0.25, 0.3) is 0 Å². The average Bonchev–Trinajstić information content (AvgIpc) is 2.84. The highest BCUT2D eigenvalue weighted by atomic mass is 32.1. The number of thiocarbonyl (C=S) groups is 1. The van der Waals surface area contributed by atoms with Crippen LogP contribution in [-0.4, -0.2) is 40.8 Å². The molecule has 0 amide bonds. The second-order valence-corrected chi connectivity index (χ2v) is 11.2. The van der Waals surface area contributed by atoms with Gasteiger partial charge in [-0.1, -0.05) is 38.3 Å². The molecule has 4 N–H and O–H groups in total. The van der Waals surface area contributed by atoms with Gasteiger partial charge < -0.3 is 21.1 Å². The van der Waals surface area contributed by atoms with Crippen LogP contribution < -0.4 is 16.0 Å². The zero-order valence-electron chi connectivity index (χ0n) is 20.1. The van der Waals surface area contributed by atoms with Crippen molar-refractivity contribution in [2.24, 2.45) is 5.41 Å². The number of unbranched alkanes of at least 4 members (excludes halogenated alkanes) is 1. The summed E-state index contributed by atoms with van der Waals surface area (Å²) >= 11 is 5.49. The van der Waals surface area contributed by atoms with E-state index in [0.29, 0.717) is 22.3 Å². The van der Waals surface area contributed by atoms with Gasteiger partial charge in [-0.3, -0.25) is 4.90 Å². The van der Waals surface area contributed by atoms with Crippen molar-refractivity contribution in [1.82, 2.24) is 10.2 Å². The zero-order chi connectivity index (χ0) is 23.3. The molecule has 2 bridgehead atoms. The van der Waals surface area contributed by atoms with E-state index in [1.165, 1.54) is 56.3 Å². The summed E-state index contributed by atoms with van der Waals surface area (Å²) in [5, 5.41) is 21.9. The molecule has 180 valence electrons. The van der Waals surface area contributed by atoms with E-state index in [9.17, 15) is 5.11 Å². The third-order valence-corrected chi connectivity index (χ3v) is 9.48. The van der Waals surface area contributed by atoms with Gasteiger partial charge in [-0.15, -0.1) is 0 Å². The van der Waals surface area contributed by atoms with Gasteiger partial charge in [0.15, 0.2) is 5.11 Å². The Balaban J connectivity index is 1.29. The number of nitrogens with one attached hydrogen (secondary N) is 3. The summed E-state index contributed by atoms with van der Waals surface area (Å²) in [6, 6.07) is 13.1. The Morgan fingerprint density at radius 2 is 1.94 bits per heavy atom. The number of benzene rings is 2. The molecule has 0 radical (unpaired) electrons. The standard InChI is InChI=1S/C28H36N4OS/c1-2-3-13-29-26(34)31-22-9-5-4-8-21(22)30-23-15-19-16-25-28-11-7-6-10-27(28,12-14-32(25)18-28)20(19)17-24(23)33/h4-5,8-9,15,17,25,30,33H,2-3,6-7,10-14,16,18H2,1H3,(H2,29,31,34)/t25-,27+,28-/m0/s1. The first-order valence-corrected chi connectivity index (χ1v) is 13.5. The van der Waals surface area contributed by atoms with E-state index in [4.69, 9.17) is 12.2 Å². The first-order valence-electron chi connectivity index (χ1n) is 13.1. The van der Waals surface area contributed by atoms with Crippen molar-refractivity contribution in [2.75, 3.05) is 30.3 Å². The minimum Gasteiger partial charge on any atom is -0.506 e. The monoisotopic (exact) mass is 476 g/mol. The van der Waals surface area contributed by atoms with Crippen molar-refractivity contribution < 1.29 is 5.11 Å². The second kappa shape index (κ2) is 8.42. The van der Waals surface area contributed by atoms with Gasteiger partial charge in [-0.25, -0.2) is 0 Å². The Morgan fingerprint density at radius 1 is 1.12 bits per heavy atom. The number of phenolic OH excluding ortho intramolecular Hbond substituents is 1. The van der Waals surface area contributed by atoms with Crippen LogP contribution in [0.15, 0.2) is 36.4 Å². The van der Waals surface area contributed by atoms with Gasteiger partial charge in [0.05, 0.1) is 17.1 Å². The molecule has 5 nitrogen and oxygen atoms in total. The van der Waals surface area contributed by atoms with Crippen molar-refractivity contribution in [3.63, 3.8) is 0 Å². The summed E-state index contributed by atoms with van der Waals surface area (Å²) in [4.78, 5) is 2.72. The maximum Gasteiger partial charge on any atom is 0.170 e. The van der Waals surface area contributed by atoms with E-state index in [1.807, 2.05) is 24.3 Å². The Kier molecular flexibility index (Phi) is 5.49. The average molecular weight is 477 g/mol. The maximum atomic E-state index is 11.2. The van der Waals surface area contributed by atoms with Crippen LogP contribution in [-0.2, 0) is 11.8 Å². The molecule has 1 saturated carbocycles. The largest absolute Gasteiger partial charge is 0.506 e. The van der Waals surface area contributed by atoms with Gasteiger partial charge in [-0.2, -0.15) is 0 Å². The molecule has 6 heteroatoms. The van der Waals surface area contributed by atoms with Gasteiger partial charge in [0, 0.05) is 30.0 Å². The predicted octanol–water partition coefficient (Wildman–Crippen LogP) is 5.66. The van der Waals surface area contributed by atoms with E-state index in [0.717, 1.165) is 42.9 Å². The quantitative estimate of drug-likeness (QED) is 0.245. The number of rotatable bonds is 6. The smallest absolute Gasteiger partial charge is 0.170 e. The van der Waals surface area contributed by atoms with Gasteiger partial charge in [0.2, 0.25) is 0 Å². The van der Waals surface area contributed by atoms with Crippen LogP contribution in [0.4, 0.5) is 17.1 Å². The number of hydrogen-bond donors (Lipinski definition) is 4. The van der Waals surface area contributed by atoms with E-state index >= 15 is 0 Å². The molecule has 0 aromatic heterocycles. The molecule has 4 aliphatic rings. The van der Waals surface area contributed by atoms with E-state index in [2.05, 4.69) is 39.9 Å². The van der Waals surface area contributed by atoms with Crippen LogP contribution in [0.5, 0.6) is 5.75 Å². The van der Waals surface area contributed by atoms with Crippen LogP contribution in [0, 0.1) is 5.41 Å². The lowest BCUT2D eigenvalue weighted by Crippen LogP contribution is -2.79. The van der Waals surface area contributed by atoms with Crippen LogP contribution in [0.1, 0.15) is 63.0 Å². The van der Waals surface area contributed by atoms with Crippen molar-refractivity contribution in [1.29, 1.82) is 0 Å². The Bertz CT molecular complexity index is 1110. The topological polar surface area (TPSA) is 59.6 Å². The molecule has 2 aromatic carbocycles. The summed E-state index contributed by atoms with van der Waals surface area (Å²) in [5.74, 6) is 0.354. The molecule has 6 rings (SSSR count). The minimum atomic E-state index is 0.268. The van der Waals surface area contributed by atoms with Gasteiger partial charge in [0.1, 0.15) is 5.75 Å². The fourth-order valence-corrected chi connectivity index (χ4v) is 7.85. The lowest BCUT2D eigenvalue weighted by Gasteiger charge is -2.74. The van der Waals surface area contributed by atoms with E-state index < -0.39 is 0 Å². The zero-order valence-corrected chi connectivity index (χ0v) is 20.9. The number of para-hydroxylation sites is 2. The second-order valence-electron chi connectivity index (χ2n) is 10.8. The first kappa shape index (κ1) is 22.2. The first-order chi connectivity index (χ1) is 16.6. The lowest BCUT2D eigenvalue weighted by molar-refractivity contribution is -0.198. The van der Waals surface area contributed by atoms with Crippen LogP contribution in [0.3, 0.4) is 0 Å². The third kappa shape index (κ3) is 3.25. The molecule has 4 atom stereocenters. The summed E-state index contributed by atoms with van der Waals surface area (Å²) in [6.07, 6.45) is 9.91. The SMILES string of the molecule is CCCCNC(=S)Nc1ccccc1Nc1cc2c(cc1O)[C@]13CCCC[C@@]14CN(CC3)[C@H]4C2. The fourth-order valence-electron chi connectivity index (χ4n) is 7.64. The van der Waals surface area contributed by atoms with Gasteiger partial charge >= 0.3 is 0 Å². The number of nitrogens with zero attached hydrogens (tertiary/aromatic N) is 1. The number of hydrogen-bond acceptors (Lipinski definition) is 4. The third-order valence-electron chi connectivity index (χ3n) is 9.23. The van der Waals surface area contributed by atoms with Crippen LogP contribution in [0.25, 0.3) is 0 Å². The molecule has 2 aliphatic carbocycles. The van der Waals surface area contributed by atoms with Gasteiger partial charge in [-0.05, 0) is 86.3 Å². The molecule has 2 aliphatic heterocycles. The Hall–Kier alpha value is -2.31. The fraction of sp³-hybridized carbons (Fsp3) is 0.536. The predicted molar refractivity (Wildman–Crippen MR) is 143 cm³/mol. The Labute approximate surface area is 208 Å². The van der Waals surface area contributed by atoms with Crippen molar-refractivity contribution >= 4 is 34.4 Å².